The van der Waals surface area contributed by atoms with E-state index in [0.717, 1.165) is 32.7 Å². The Hall–Kier alpha value is -1.44. The summed E-state index contributed by atoms with van der Waals surface area (Å²) >= 11 is 1.80. The molecule has 1 aromatic rings. The van der Waals surface area contributed by atoms with Crippen LogP contribution in [0.25, 0.3) is 0 Å². The van der Waals surface area contributed by atoms with Gasteiger partial charge in [-0.2, -0.15) is 0 Å². The summed E-state index contributed by atoms with van der Waals surface area (Å²) in [7, 11) is 1.43. The summed E-state index contributed by atoms with van der Waals surface area (Å²) < 4.78 is 4.80. The van der Waals surface area contributed by atoms with Crippen molar-refractivity contribution in [2.45, 2.75) is 19.4 Å². The van der Waals surface area contributed by atoms with Gasteiger partial charge in [-0.3, -0.25) is 19.4 Å². The van der Waals surface area contributed by atoms with E-state index in [9.17, 15) is 9.59 Å². The number of amides is 1. The molecular formula is C18H27N3O3S. The summed E-state index contributed by atoms with van der Waals surface area (Å²) in [6.07, 6.45) is 1.43. The van der Waals surface area contributed by atoms with Crippen LogP contribution in [0.2, 0.25) is 0 Å². The molecule has 6 nitrogen and oxygen atoms in total. The Morgan fingerprint density at radius 3 is 2.40 bits per heavy atom. The van der Waals surface area contributed by atoms with Gasteiger partial charge in [0.25, 0.3) is 0 Å². The van der Waals surface area contributed by atoms with Gasteiger partial charge >= 0.3 is 5.97 Å². The van der Waals surface area contributed by atoms with Crippen LogP contribution in [-0.4, -0.2) is 79.5 Å². The predicted molar refractivity (Wildman–Crippen MR) is 97.4 cm³/mol. The van der Waals surface area contributed by atoms with E-state index < -0.39 is 0 Å². The number of thiophene rings is 1. The maximum absolute atomic E-state index is 12.5. The van der Waals surface area contributed by atoms with Gasteiger partial charge in [0.1, 0.15) is 0 Å². The summed E-state index contributed by atoms with van der Waals surface area (Å²) in [6.45, 7) is 6.74. The van der Waals surface area contributed by atoms with E-state index in [1.165, 1.54) is 12.0 Å². The lowest BCUT2D eigenvalue weighted by atomic mass is 9.97. The predicted octanol–water partition coefficient (Wildman–Crippen LogP) is 1.28. The summed E-state index contributed by atoms with van der Waals surface area (Å²) in [5, 5.41) is 2.12. The molecule has 1 amide bonds. The average molecular weight is 365 g/mol. The number of carbonyl (C=O) groups is 2. The smallest absolute Gasteiger partial charge is 0.308 e. The van der Waals surface area contributed by atoms with Crippen LogP contribution in [0.1, 0.15) is 17.7 Å². The van der Waals surface area contributed by atoms with Crippen molar-refractivity contribution in [3.05, 3.63) is 22.4 Å². The molecule has 0 radical (unpaired) electrons. The molecule has 0 atom stereocenters. The van der Waals surface area contributed by atoms with Crippen molar-refractivity contribution >= 4 is 23.2 Å². The summed E-state index contributed by atoms with van der Waals surface area (Å²) in [6, 6.07) is 4.27. The zero-order valence-electron chi connectivity index (χ0n) is 14.9. The largest absolute Gasteiger partial charge is 0.469 e. The van der Waals surface area contributed by atoms with Crippen molar-refractivity contribution < 1.29 is 14.3 Å². The number of likely N-dealkylation sites (tertiary alicyclic amines) is 1. The lowest BCUT2D eigenvalue weighted by Gasteiger charge is -2.36. The molecule has 0 aromatic carbocycles. The number of methoxy groups -OCH3 is 1. The van der Waals surface area contributed by atoms with Crippen molar-refractivity contribution in [3.8, 4) is 0 Å². The Balaban J connectivity index is 1.37. The third-order valence-corrected chi connectivity index (χ3v) is 6.03. The molecule has 0 bridgehead atoms. The molecule has 25 heavy (non-hydrogen) atoms. The summed E-state index contributed by atoms with van der Waals surface area (Å²) in [5.41, 5.74) is 0. The fourth-order valence-electron chi connectivity index (χ4n) is 3.55. The number of esters is 1. The van der Waals surface area contributed by atoms with Gasteiger partial charge in [-0.15, -0.1) is 11.3 Å². The molecule has 3 rings (SSSR count). The maximum Gasteiger partial charge on any atom is 0.308 e. The van der Waals surface area contributed by atoms with Gasteiger partial charge in [0, 0.05) is 50.7 Å². The van der Waals surface area contributed by atoms with E-state index in [2.05, 4.69) is 27.3 Å². The number of nitrogens with zero attached hydrogens (tertiary/aromatic N) is 3. The Morgan fingerprint density at radius 2 is 1.80 bits per heavy atom. The molecule has 2 aliphatic rings. The first-order chi connectivity index (χ1) is 12.2. The number of hydrogen-bond acceptors (Lipinski definition) is 6. The van der Waals surface area contributed by atoms with Crippen molar-refractivity contribution in [3.63, 3.8) is 0 Å². The van der Waals surface area contributed by atoms with Gasteiger partial charge in [0.2, 0.25) is 5.91 Å². The van der Waals surface area contributed by atoms with Crippen molar-refractivity contribution in [2.24, 2.45) is 5.92 Å². The summed E-state index contributed by atoms with van der Waals surface area (Å²) in [5.74, 6) is -0.00108. The number of hydrogen-bond donors (Lipinski definition) is 0. The van der Waals surface area contributed by atoms with Gasteiger partial charge in [-0.1, -0.05) is 6.07 Å². The van der Waals surface area contributed by atoms with E-state index >= 15 is 0 Å². The molecule has 3 heterocycles. The number of carbonyl (C=O) groups excluding carboxylic acids is 2. The first kappa shape index (κ1) is 18.4. The molecule has 0 spiro atoms. The Labute approximate surface area is 153 Å². The van der Waals surface area contributed by atoms with Crippen LogP contribution in [0, 0.1) is 5.92 Å². The molecule has 1 aromatic heterocycles. The van der Waals surface area contributed by atoms with Crippen LogP contribution < -0.4 is 0 Å². The standard InChI is InChI=1S/C18H27N3O3S/c1-24-18(23)15-4-6-21(7-5-15)17(22)14-20-10-8-19(9-11-20)13-16-3-2-12-25-16/h2-3,12,15H,4-11,13-14H2,1H3. The number of ether oxygens (including phenoxy) is 1. The minimum atomic E-state index is -0.144. The molecule has 0 aliphatic carbocycles. The van der Waals surface area contributed by atoms with Crippen LogP contribution >= 0.6 is 11.3 Å². The molecule has 2 aliphatic heterocycles. The number of piperidine rings is 1. The molecule has 0 N–H and O–H groups in total. The Morgan fingerprint density at radius 1 is 1.12 bits per heavy atom. The first-order valence-electron chi connectivity index (χ1n) is 8.98. The van der Waals surface area contributed by atoms with E-state index in [1.54, 1.807) is 11.3 Å². The van der Waals surface area contributed by atoms with Crippen molar-refractivity contribution in [1.29, 1.82) is 0 Å². The Bertz CT molecular complexity index is 562. The highest BCUT2D eigenvalue weighted by atomic mass is 32.1. The van der Waals surface area contributed by atoms with Crippen molar-refractivity contribution in [1.82, 2.24) is 14.7 Å². The SMILES string of the molecule is COC(=O)C1CCN(C(=O)CN2CCN(Cc3cccs3)CC2)CC1. The third-order valence-electron chi connectivity index (χ3n) is 5.17. The summed E-state index contributed by atoms with van der Waals surface area (Å²) in [4.78, 5) is 32.1. The van der Waals surface area contributed by atoms with Crippen LogP contribution in [0.3, 0.4) is 0 Å². The topological polar surface area (TPSA) is 53.1 Å². The van der Waals surface area contributed by atoms with Crippen LogP contribution in [0.15, 0.2) is 17.5 Å². The first-order valence-corrected chi connectivity index (χ1v) is 9.86. The fraction of sp³-hybridized carbons (Fsp3) is 0.667. The second kappa shape index (κ2) is 8.78. The second-order valence-electron chi connectivity index (χ2n) is 6.81. The molecule has 2 fully saturated rings. The van der Waals surface area contributed by atoms with Gasteiger partial charge in [-0.05, 0) is 24.3 Å². The van der Waals surface area contributed by atoms with E-state index in [1.807, 2.05) is 4.90 Å². The fourth-order valence-corrected chi connectivity index (χ4v) is 4.30. The number of rotatable bonds is 5. The zero-order chi connectivity index (χ0) is 17.6. The van der Waals surface area contributed by atoms with Crippen molar-refractivity contribution in [2.75, 3.05) is 52.9 Å². The lowest BCUT2D eigenvalue weighted by Crippen LogP contribution is -2.51. The highest BCUT2D eigenvalue weighted by Crippen LogP contribution is 2.19. The van der Waals surface area contributed by atoms with Gasteiger partial charge in [-0.25, -0.2) is 0 Å². The minimum absolute atomic E-state index is 0.0464. The third kappa shape index (κ3) is 5.03. The van der Waals surface area contributed by atoms with Gasteiger partial charge < -0.3 is 9.64 Å². The highest BCUT2D eigenvalue weighted by molar-refractivity contribution is 7.09. The molecule has 138 valence electrons. The molecule has 2 saturated heterocycles. The van der Waals surface area contributed by atoms with Gasteiger partial charge in [0.15, 0.2) is 0 Å². The molecular weight excluding hydrogens is 338 g/mol. The molecule has 0 saturated carbocycles. The maximum atomic E-state index is 12.5. The van der Waals surface area contributed by atoms with Crippen LogP contribution in [0.4, 0.5) is 0 Å². The zero-order valence-corrected chi connectivity index (χ0v) is 15.7. The monoisotopic (exact) mass is 365 g/mol. The van der Waals surface area contributed by atoms with E-state index in [0.29, 0.717) is 32.5 Å². The molecule has 7 heteroatoms. The highest BCUT2D eigenvalue weighted by Gasteiger charge is 2.29. The Kier molecular flexibility index (Phi) is 6.45. The van der Waals surface area contributed by atoms with Crippen LogP contribution in [0.5, 0.6) is 0 Å². The quantitative estimate of drug-likeness (QED) is 0.736. The lowest BCUT2D eigenvalue weighted by molar-refractivity contribution is -0.149. The number of piperazine rings is 1. The second-order valence-corrected chi connectivity index (χ2v) is 7.84. The van der Waals surface area contributed by atoms with Crippen LogP contribution in [-0.2, 0) is 20.9 Å². The van der Waals surface area contributed by atoms with Gasteiger partial charge in [0.05, 0.1) is 19.6 Å². The molecule has 0 unspecified atom stereocenters. The normalized spacial score (nSPS) is 20.6. The van der Waals surface area contributed by atoms with E-state index in [-0.39, 0.29) is 17.8 Å². The average Bonchev–Trinajstić information content (AvgIpc) is 3.16. The van der Waals surface area contributed by atoms with E-state index in [4.69, 9.17) is 4.74 Å². The minimum Gasteiger partial charge on any atom is -0.469 e.